The molecule has 1 aromatic heterocycles. The number of piperidine rings is 1. The smallest absolute Gasteiger partial charge is 0.248 e. The number of nitrogens with zero attached hydrogens (tertiary/aromatic N) is 3. The van der Waals surface area contributed by atoms with Crippen LogP contribution in [0.3, 0.4) is 0 Å². The summed E-state index contributed by atoms with van der Waals surface area (Å²) in [6.45, 7) is 2.37. The molecular formula is C14H24N4O2S. The van der Waals surface area contributed by atoms with Crippen molar-refractivity contribution in [2.75, 3.05) is 12.3 Å². The van der Waals surface area contributed by atoms with Crippen LogP contribution in [0.2, 0.25) is 0 Å². The van der Waals surface area contributed by atoms with Gasteiger partial charge in [0.05, 0.1) is 5.69 Å². The van der Waals surface area contributed by atoms with Gasteiger partial charge in [-0.05, 0) is 38.5 Å². The minimum atomic E-state index is -3.55. The lowest BCUT2D eigenvalue weighted by Crippen LogP contribution is -2.49. The highest BCUT2D eigenvalue weighted by Gasteiger charge is 2.41. The van der Waals surface area contributed by atoms with E-state index in [-0.39, 0.29) is 16.8 Å². The molecule has 0 aromatic carbocycles. The minimum Gasteiger partial charge on any atom is -0.381 e. The van der Waals surface area contributed by atoms with Gasteiger partial charge in [-0.2, -0.15) is 9.40 Å². The first-order chi connectivity index (χ1) is 9.93. The number of hydrogen-bond donors (Lipinski definition) is 1. The van der Waals surface area contributed by atoms with Crippen LogP contribution in [0.4, 0.5) is 5.82 Å². The Balaban J connectivity index is 2.00. The maximum Gasteiger partial charge on any atom is 0.248 e. The molecular weight excluding hydrogens is 288 g/mol. The predicted molar refractivity (Wildman–Crippen MR) is 81.2 cm³/mol. The summed E-state index contributed by atoms with van der Waals surface area (Å²) in [4.78, 5) is 0.205. The minimum absolute atomic E-state index is 0.118. The summed E-state index contributed by atoms with van der Waals surface area (Å²) in [7, 11) is -1.82. The molecule has 21 heavy (non-hydrogen) atoms. The second-order valence-electron chi connectivity index (χ2n) is 6.29. The number of rotatable bonds is 2. The second-order valence-corrected chi connectivity index (χ2v) is 8.12. The van der Waals surface area contributed by atoms with Gasteiger partial charge in [0.15, 0.2) is 5.82 Å². The van der Waals surface area contributed by atoms with E-state index < -0.39 is 10.0 Å². The number of aromatic nitrogens is 2. The van der Waals surface area contributed by atoms with E-state index in [4.69, 9.17) is 5.73 Å². The van der Waals surface area contributed by atoms with Gasteiger partial charge in [-0.3, -0.25) is 4.68 Å². The molecule has 0 amide bonds. The first kappa shape index (κ1) is 14.8. The Bertz CT molecular complexity index is 636. The molecule has 2 atom stereocenters. The van der Waals surface area contributed by atoms with Crippen molar-refractivity contribution in [3.8, 4) is 0 Å². The number of fused-ring (bicyclic) bond motifs is 1. The van der Waals surface area contributed by atoms with E-state index in [1.54, 1.807) is 23.0 Å². The first-order valence-electron chi connectivity index (χ1n) is 7.74. The maximum absolute atomic E-state index is 13.1. The fourth-order valence-electron chi connectivity index (χ4n) is 3.93. The van der Waals surface area contributed by atoms with Crippen LogP contribution < -0.4 is 5.73 Å². The summed E-state index contributed by atoms with van der Waals surface area (Å²) >= 11 is 0. The summed E-state index contributed by atoms with van der Waals surface area (Å²) in [6, 6.07) is 0.150. The quantitative estimate of drug-likeness (QED) is 0.900. The average Bonchev–Trinajstić information content (AvgIpc) is 2.71. The van der Waals surface area contributed by atoms with E-state index in [1.165, 1.54) is 6.42 Å². The number of hydrogen-bond acceptors (Lipinski definition) is 4. The zero-order valence-electron chi connectivity index (χ0n) is 12.7. The molecule has 3 rings (SSSR count). The molecule has 2 heterocycles. The second kappa shape index (κ2) is 5.28. The topological polar surface area (TPSA) is 81.2 Å². The fourth-order valence-corrected chi connectivity index (χ4v) is 5.98. The molecule has 2 N–H and O–H groups in total. The van der Waals surface area contributed by atoms with E-state index in [9.17, 15) is 8.42 Å². The normalized spacial score (nSPS) is 27.5. The van der Waals surface area contributed by atoms with E-state index >= 15 is 0 Å². The Morgan fingerprint density at radius 2 is 1.86 bits per heavy atom. The van der Waals surface area contributed by atoms with Crippen LogP contribution in [-0.2, 0) is 17.1 Å². The molecule has 0 radical (unpaired) electrons. The highest BCUT2D eigenvalue weighted by Crippen LogP contribution is 2.39. The Kier molecular flexibility index (Phi) is 3.73. The molecule has 1 aliphatic carbocycles. The van der Waals surface area contributed by atoms with Gasteiger partial charge in [0, 0.05) is 19.6 Å². The lowest BCUT2D eigenvalue weighted by Gasteiger charge is -2.43. The molecule has 6 nitrogen and oxygen atoms in total. The molecule has 2 unspecified atom stereocenters. The van der Waals surface area contributed by atoms with Crippen molar-refractivity contribution in [2.45, 2.75) is 56.4 Å². The number of nitrogen functional groups attached to an aromatic ring is 1. The third-order valence-electron chi connectivity index (χ3n) is 5.06. The summed E-state index contributed by atoms with van der Waals surface area (Å²) in [6.07, 6.45) is 6.57. The maximum atomic E-state index is 13.1. The average molecular weight is 312 g/mol. The molecule has 2 fully saturated rings. The van der Waals surface area contributed by atoms with E-state index in [0.717, 1.165) is 32.1 Å². The van der Waals surface area contributed by atoms with Crippen LogP contribution >= 0.6 is 0 Å². The third-order valence-corrected chi connectivity index (χ3v) is 7.15. The number of nitrogens with two attached hydrogens (primary N) is 1. The van der Waals surface area contributed by atoms with E-state index in [0.29, 0.717) is 18.2 Å². The van der Waals surface area contributed by atoms with Crippen LogP contribution in [0.1, 0.15) is 44.2 Å². The van der Waals surface area contributed by atoms with Crippen molar-refractivity contribution < 1.29 is 8.42 Å². The lowest BCUT2D eigenvalue weighted by atomic mass is 9.79. The van der Waals surface area contributed by atoms with Crippen molar-refractivity contribution in [1.29, 1.82) is 0 Å². The van der Waals surface area contributed by atoms with Crippen molar-refractivity contribution in [2.24, 2.45) is 13.0 Å². The predicted octanol–water partition coefficient (Wildman–Crippen LogP) is 1.65. The van der Waals surface area contributed by atoms with Crippen molar-refractivity contribution in [1.82, 2.24) is 14.1 Å². The van der Waals surface area contributed by atoms with Crippen molar-refractivity contribution >= 4 is 15.8 Å². The zero-order valence-corrected chi connectivity index (χ0v) is 13.6. The van der Waals surface area contributed by atoms with Gasteiger partial charge in [-0.25, -0.2) is 8.42 Å². The Labute approximate surface area is 126 Å². The van der Waals surface area contributed by atoms with Crippen LogP contribution in [0.15, 0.2) is 4.90 Å². The molecule has 2 aliphatic rings. The summed E-state index contributed by atoms with van der Waals surface area (Å²) in [5.74, 6) is 0.633. The molecule has 118 valence electrons. The van der Waals surface area contributed by atoms with E-state index in [1.807, 2.05) is 0 Å². The highest BCUT2D eigenvalue weighted by atomic mass is 32.2. The number of aryl methyl sites for hydroxylation is 1. The van der Waals surface area contributed by atoms with Gasteiger partial charge in [0.1, 0.15) is 4.90 Å². The van der Waals surface area contributed by atoms with Gasteiger partial charge in [-0.1, -0.05) is 12.8 Å². The Morgan fingerprint density at radius 3 is 2.52 bits per heavy atom. The molecule has 0 spiro atoms. The molecule has 0 bridgehead atoms. The molecule has 1 saturated heterocycles. The van der Waals surface area contributed by atoms with Crippen molar-refractivity contribution in [3.63, 3.8) is 0 Å². The summed E-state index contributed by atoms with van der Waals surface area (Å²) in [5, 5.41) is 4.06. The third kappa shape index (κ3) is 2.36. The zero-order chi connectivity index (χ0) is 15.2. The van der Waals surface area contributed by atoms with Gasteiger partial charge >= 0.3 is 0 Å². The van der Waals surface area contributed by atoms with Crippen LogP contribution in [0, 0.1) is 12.8 Å². The van der Waals surface area contributed by atoms with Crippen molar-refractivity contribution in [3.05, 3.63) is 5.69 Å². The first-order valence-corrected chi connectivity index (χ1v) is 9.18. The standard InChI is InChI=1S/C14H24N4O2S/c1-10-13(14(15)16-17(10)2)21(19,20)18-9-5-7-11-6-3-4-8-12(11)18/h11-12H,3-9H2,1-2H3,(H2,15,16). The number of sulfonamides is 1. The summed E-state index contributed by atoms with van der Waals surface area (Å²) in [5.41, 5.74) is 6.48. The van der Waals surface area contributed by atoms with Crippen LogP contribution in [0.25, 0.3) is 0 Å². The van der Waals surface area contributed by atoms with Crippen LogP contribution in [-0.4, -0.2) is 35.1 Å². The Hall–Kier alpha value is -1.08. The summed E-state index contributed by atoms with van der Waals surface area (Å²) < 4.78 is 29.4. The number of anilines is 1. The molecule has 1 aliphatic heterocycles. The monoisotopic (exact) mass is 312 g/mol. The van der Waals surface area contributed by atoms with Gasteiger partial charge in [0.25, 0.3) is 0 Å². The Morgan fingerprint density at radius 1 is 1.19 bits per heavy atom. The van der Waals surface area contributed by atoms with Crippen LogP contribution in [0.5, 0.6) is 0 Å². The molecule has 7 heteroatoms. The van der Waals surface area contributed by atoms with Gasteiger partial charge < -0.3 is 5.73 Å². The van der Waals surface area contributed by atoms with Gasteiger partial charge in [0.2, 0.25) is 10.0 Å². The molecule has 1 saturated carbocycles. The highest BCUT2D eigenvalue weighted by molar-refractivity contribution is 7.89. The van der Waals surface area contributed by atoms with Gasteiger partial charge in [-0.15, -0.1) is 0 Å². The lowest BCUT2D eigenvalue weighted by molar-refractivity contribution is 0.129. The fraction of sp³-hybridized carbons (Fsp3) is 0.786. The largest absolute Gasteiger partial charge is 0.381 e. The molecule has 1 aromatic rings. The SMILES string of the molecule is Cc1c(S(=O)(=O)N2CCCC3CCCCC32)c(N)nn1C. The van der Waals surface area contributed by atoms with E-state index in [2.05, 4.69) is 5.10 Å².